The van der Waals surface area contributed by atoms with Crippen LogP contribution in [0.4, 0.5) is 0 Å². The second kappa shape index (κ2) is 5.25. The second-order valence-corrected chi connectivity index (χ2v) is 5.24. The minimum Gasteiger partial charge on any atom is -0.469 e. The first kappa shape index (κ1) is 12.7. The van der Waals surface area contributed by atoms with Crippen molar-refractivity contribution in [1.82, 2.24) is 4.90 Å². The Balaban J connectivity index is 2.20. The maximum absolute atomic E-state index is 12.4. The SMILES string of the molecule is CCc1occc1C(=O)N1CCC(C)C1CBr. The zero-order valence-corrected chi connectivity index (χ0v) is 11.9. The van der Waals surface area contributed by atoms with Gasteiger partial charge in [0.2, 0.25) is 0 Å². The molecule has 3 nitrogen and oxygen atoms in total. The lowest BCUT2D eigenvalue weighted by molar-refractivity contribution is 0.0736. The fourth-order valence-corrected chi connectivity index (χ4v) is 3.44. The van der Waals surface area contributed by atoms with Crippen LogP contribution in [0.2, 0.25) is 0 Å². The van der Waals surface area contributed by atoms with Gasteiger partial charge in [-0.3, -0.25) is 4.79 Å². The van der Waals surface area contributed by atoms with Gasteiger partial charge >= 0.3 is 0 Å². The molecule has 2 heterocycles. The predicted octanol–water partition coefficient (Wildman–Crippen LogP) is 3.09. The summed E-state index contributed by atoms with van der Waals surface area (Å²) in [7, 11) is 0. The van der Waals surface area contributed by atoms with Crippen molar-refractivity contribution in [2.45, 2.75) is 32.7 Å². The molecule has 0 saturated carbocycles. The molecule has 0 N–H and O–H groups in total. The minimum atomic E-state index is 0.115. The van der Waals surface area contributed by atoms with E-state index in [1.807, 2.05) is 11.8 Å². The van der Waals surface area contributed by atoms with E-state index in [1.54, 1.807) is 12.3 Å². The molecule has 0 aliphatic carbocycles. The number of aryl methyl sites for hydroxylation is 1. The van der Waals surface area contributed by atoms with E-state index in [0.29, 0.717) is 12.0 Å². The van der Waals surface area contributed by atoms with E-state index < -0.39 is 0 Å². The molecule has 1 aromatic rings. The minimum absolute atomic E-state index is 0.115. The molecule has 0 bridgehead atoms. The number of hydrogen-bond acceptors (Lipinski definition) is 2. The third kappa shape index (κ3) is 2.28. The molecule has 1 saturated heterocycles. The van der Waals surface area contributed by atoms with E-state index >= 15 is 0 Å². The highest BCUT2D eigenvalue weighted by Crippen LogP contribution is 2.28. The lowest BCUT2D eigenvalue weighted by Crippen LogP contribution is -2.38. The van der Waals surface area contributed by atoms with E-state index in [9.17, 15) is 4.79 Å². The van der Waals surface area contributed by atoms with Crippen LogP contribution < -0.4 is 0 Å². The highest BCUT2D eigenvalue weighted by molar-refractivity contribution is 9.09. The van der Waals surface area contributed by atoms with Crippen LogP contribution in [-0.2, 0) is 6.42 Å². The van der Waals surface area contributed by atoms with Crippen molar-refractivity contribution in [3.05, 3.63) is 23.7 Å². The summed E-state index contributed by atoms with van der Waals surface area (Å²) in [5.41, 5.74) is 0.729. The molecule has 2 rings (SSSR count). The van der Waals surface area contributed by atoms with Crippen molar-refractivity contribution in [2.75, 3.05) is 11.9 Å². The molecule has 0 aromatic carbocycles. The molecule has 17 heavy (non-hydrogen) atoms. The number of hydrogen-bond donors (Lipinski definition) is 0. The molecule has 0 spiro atoms. The Bertz CT molecular complexity index is 402. The second-order valence-electron chi connectivity index (χ2n) is 4.60. The molecule has 1 aliphatic heterocycles. The molecule has 94 valence electrons. The first-order valence-corrected chi connectivity index (χ1v) is 7.24. The fourth-order valence-electron chi connectivity index (χ4n) is 2.46. The molecule has 1 amide bonds. The van der Waals surface area contributed by atoms with Crippen molar-refractivity contribution < 1.29 is 9.21 Å². The number of nitrogens with zero attached hydrogens (tertiary/aromatic N) is 1. The average molecular weight is 300 g/mol. The molecule has 4 heteroatoms. The number of amides is 1. The molecular weight excluding hydrogens is 282 g/mol. The average Bonchev–Trinajstić information content (AvgIpc) is 2.93. The lowest BCUT2D eigenvalue weighted by Gasteiger charge is -2.25. The Morgan fingerprint density at radius 1 is 1.65 bits per heavy atom. The summed E-state index contributed by atoms with van der Waals surface area (Å²) in [6.45, 7) is 5.06. The molecule has 1 fully saturated rings. The molecule has 2 unspecified atom stereocenters. The molecule has 0 radical (unpaired) electrons. The molecule has 2 atom stereocenters. The Morgan fingerprint density at radius 2 is 2.41 bits per heavy atom. The molecular formula is C13H18BrNO2. The maximum atomic E-state index is 12.4. The predicted molar refractivity (Wildman–Crippen MR) is 70.5 cm³/mol. The first-order chi connectivity index (χ1) is 8.19. The monoisotopic (exact) mass is 299 g/mol. The lowest BCUT2D eigenvalue weighted by atomic mass is 10.0. The van der Waals surface area contributed by atoms with Crippen LogP contribution in [0.3, 0.4) is 0 Å². The summed E-state index contributed by atoms with van der Waals surface area (Å²) >= 11 is 3.51. The summed E-state index contributed by atoms with van der Waals surface area (Å²) in [5, 5.41) is 0.846. The number of carbonyl (C=O) groups is 1. The number of alkyl halides is 1. The van der Waals surface area contributed by atoms with E-state index in [4.69, 9.17) is 4.42 Å². The van der Waals surface area contributed by atoms with Crippen LogP contribution in [0.15, 0.2) is 16.7 Å². The van der Waals surface area contributed by atoms with Crippen LogP contribution in [0, 0.1) is 5.92 Å². The first-order valence-electron chi connectivity index (χ1n) is 6.12. The summed E-state index contributed by atoms with van der Waals surface area (Å²) < 4.78 is 5.33. The van der Waals surface area contributed by atoms with Gasteiger partial charge < -0.3 is 9.32 Å². The number of carbonyl (C=O) groups excluding carboxylic acids is 1. The third-order valence-corrected chi connectivity index (χ3v) is 4.26. The third-order valence-electron chi connectivity index (χ3n) is 3.60. The molecule has 1 aliphatic rings. The van der Waals surface area contributed by atoms with Crippen LogP contribution in [0.5, 0.6) is 0 Å². The topological polar surface area (TPSA) is 33.5 Å². The van der Waals surface area contributed by atoms with Gasteiger partial charge in [-0.05, 0) is 18.4 Å². The fraction of sp³-hybridized carbons (Fsp3) is 0.615. The van der Waals surface area contributed by atoms with Crippen molar-refractivity contribution >= 4 is 21.8 Å². The van der Waals surface area contributed by atoms with Crippen LogP contribution in [0.25, 0.3) is 0 Å². The van der Waals surface area contributed by atoms with Crippen molar-refractivity contribution in [1.29, 1.82) is 0 Å². The number of halogens is 1. The Morgan fingerprint density at radius 3 is 3.06 bits per heavy atom. The number of furan rings is 1. The van der Waals surface area contributed by atoms with Gasteiger partial charge in [0.15, 0.2) is 0 Å². The summed E-state index contributed by atoms with van der Waals surface area (Å²) in [4.78, 5) is 14.4. The summed E-state index contributed by atoms with van der Waals surface area (Å²) in [5.74, 6) is 1.47. The normalized spacial score (nSPS) is 24.3. The Labute approximate surface area is 110 Å². The van der Waals surface area contributed by atoms with E-state index in [2.05, 4.69) is 22.9 Å². The summed E-state index contributed by atoms with van der Waals surface area (Å²) in [6.07, 6.45) is 3.45. The van der Waals surface area contributed by atoms with Crippen LogP contribution in [-0.4, -0.2) is 28.7 Å². The summed E-state index contributed by atoms with van der Waals surface area (Å²) in [6, 6.07) is 2.09. The van der Waals surface area contributed by atoms with E-state index in [-0.39, 0.29) is 5.91 Å². The van der Waals surface area contributed by atoms with E-state index in [0.717, 1.165) is 36.0 Å². The van der Waals surface area contributed by atoms with Crippen molar-refractivity contribution in [3.63, 3.8) is 0 Å². The van der Waals surface area contributed by atoms with Crippen molar-refractivity contribution in [3.8, 4) is 0 Å². The van der Waals surface area contributed by atoms with Gasteiger partial charge in [0.05, 0.1) is 11.8 Å². The Hall–Kier alpha value is -0.770. The van der Waals surface area contributed by atoms with E-state index in [1.165, 1.54) is 0 Å². The van der Waals surface area contributed by atoms with Gasteiger partial charge in [-0.2, -0.15) is 0 Å². The van der Waals surface area contributed by atoms with Crippen LogP contribution >= 0.6 is 15.9 Å². The maximum Gasteiger partial charge on any atom is 0.257 e. The van der Waals surface area contributed by atoms with Gasteiger partial charge in [0, 0.05) is 24.3 Å². The number of rotatable bonds is 3. The van der Waals surface area contributed by atoms with Crippen molar-refractivity contribution in [2.24, 2.45) is 5.92 Å². The molecule has 1 aromatic heterocycles. The smallest absolute Gasteiger partial charge is 0.257 e. The highest BCUT2D eigenvalue weighted by Gasteiger charge is 2.34. The van der Waals surface area contributed by atoms with Gasteiger partial charge in [-0.1, -0.05) is 29.8 Å². The van der Waals surface area contributed by atoms with Gasteiger partial charge in [0.25, 0.3) is 5.91 Å². The van der Waals surface area contributed by atoms with Crippen LogP contribution in [0.1, 0.15) is 36.4 Å². The van der Waals surface area contributed by atoms with Gasteiger partial charge in [-0.25, -0.2) is 0 Å². The van der Waals surface area contributed by atoms with Gasteiger partial charge in [-0.15, -0.1) is 0 Å². The zero-order chi connectivity index (χ0) is 12.4. The quantitative estimate of drug-likeness (QED) is 0.804. The highest BCUT2D eigenvalue weighted by atomic mass is 79.9. The zero-order valence-electron chi connectivity index (χ0n) is 10.3. The number of likely N-dealkylation sites (tertiary alicyclic amines) is 1. The Kier molecular flexibility index (Phi) is 3.92. The standard InChI is InChI=1S/C13H18BrNO2/c1-3-12-10(5-7-17-12)13(16)15-6-4-9(2)11(15)8-14/h5,7,9,11H,3-4,6,8H2,1-2H3. The largest absolute Gasteiger partial charge is 0.469 e. The van der Waals surface area contributed by atoms with Gasteiger partial charge in [0.1, 0.15) is 5.76 Å².